The van der Waals surface area contributed by atoms with Crippen LogP contribution < -0.4 is 0 Å². The van der Waals surface area contributed by atoms with E-state index in [1.165, 1.54) is 13.8 Å². The van der Waals surface area contributed by atoms with Crippen molar-refractivity contribution >= 4 is 23.7 Å². The van der Waals surface area contributed by atoms with Crippen LogP contribution in [-0.4, -0.2) is 53.2 Å². The minimum absolute atomic E-state index is 0.0193. The largest absolute Gasteiger partial charge is 0.472 e. The summed E-state index contributed by atoms with van der Waals surface area (Å²) < 4.78 is 30.0. The molecule has 0 bridgehead atoms. The molecule has 3 aliphatic carbocycles. The Morgan fingerprint density at radius 1 is 0.974 bits per heavy atom. The van der Waals surface area contributed by atoms with Crippen LogP contribution in [0.1, 0.15) is 85.6 Å². The number of hydrogen-bond acceptors (Lipinski definition) is 9. The Bertz CT molecular complexity index is 1250. The average molecular weight is 543 g/mol. The van der Waals surface area contributed by atoms with Crippen LogP contribution in [0.5, 0.6) is 0 Å². The molecule has 10 atom stereocenters. The van der Waals surface area contributed by atoms with Gasteiger partial charge in [0.15, 0.2) is 5.78 Å². The van der Waals surface area contributed by atoms with E-state index in [4.69, 9.17) is 23.4 Å². The van der Waals surface area contributed by atoms with E-state index in [2.05, 4.69) is 20.8 Å². The van der Waals surface area contributed by atoms with E-state index < -0.39 is 69.6 Å². The number of esters is 3. The lowest BCUT2D eigenvalue weighted by Gasteiger charge is -2.67. The summed E-state index contributed by atoms with van der Waals surface area (Å²) in [4.78, 5) is 51.9. The normalized spacial score (nSPS) is 47.5. The number of cyclic esters (lactones) is 1. The van der Waals surface area contributed by atoms with Crippen LogP contribution in [0.15, 0.2) is 23.0 Å². The number of furan rings is 1. The molecule has 9 nitrogen and oxygen atoms in total. The third-order valence-electron chi connectivity index (χ3n) is 11.5. The zero-order valence-corrected chi connectivity index (χ0v) is 23.7. The maximum absolute atomic E-state index is 13.9. The molecular formula is C30H38O9. The highest BCUT2D eigenvalue weighted by molar-refractivity contribution is 5.98. The lowest BCUT2D eigenvalue weighted by atomic mass is 9.37. The van der Waals surface area contributed by atoms with Gasteiger partial charge in [-0.25, -0.2) is 0 Å². The van der Waals surface area contributed by atoms with Gasteiger partial charge in [0.05, 0.1) is 24.9 Å². The Morgan fingerprint density at radius 3 is 2.26 bits per heavy atom. The number of carbonyl (C=O) groups excluding carboxylic acids is 4. The highest BCUT2D eigenvalue weighted by atomic mass is 16.6. The fraction of sp³-hybridized carbons (Fsp3) is 0.733. The minimum Gasteiger partial charge on any atom is -0.472 e. The van der Waals surface area contributed by atoms with Crippen LogP contribution in [0.2, 0.25) is 0 Å². The molecule has 0 N–H and O–H groups in total. The first-order valence-corrected chi connectivity index (χ1v) is 13.9. The van der Waals surface area contributed by atoms with Crippen LogP contribution in [0, 0.1) is 28.1 Å². The Labute approximate surface area is 228 Å². The summed E-state index contributed by atoms with van der Waals surface area (Å²) in [6.07, 6.45) is 2.88. The minimum atomic E-state index is -0.909. The summed E-state index contributed by atoms with van der Waals surface area (Å²) in [7, 11) is 0. The van der Waals surface area contributed by atoms with Gasteiger partial charge in [0, 0.05) is 41.6 Å². The topological polar surface area (TPSA) is 122 Å². The number of fused-ring (bicyclic) bond motifs is 3. The maximum Gasteiger partial charge on any atom is 0.310 e. The van der Waals surface area contributed by atoms with E-state index in [0.29, 0.717) is 19.3 Å². The monoisotopic (exact) mass is 542 g/mol. The van der Waals surface area contributed by atoms with Crippen molar-refractivity contribution in [2.75, 3.05) is 0 Å². The van der Waals surface area contributed by atoms with Gasteiger partial charge in [-0.3, -0.25) is 19.2 Å². The summed E-state index contributed by atoms with van der Waals surface area (Å²) >= 11 is 0. The first-order valence-electron chi connectivity index (χ1n) is 13.9. The molecule has 3 heterocycles. The van der Waals surface area contributed by atoms with Gasteiger partial charge in [-0.15, -0.1) is 0 Å². The zero-order chi connectivity index (χ0) is 28.3. The Hall–Kier alpha value is -2.68. The SMILES string of the molecule is CC(=O)O[C@H]1CC(=O)OC(C)(C)[C@@H]2C[C@@H](OC(C)=O)[C@]3(C)[C@H](CC[C@@]4(C)[C@H](c5ccoc5)C(=O)[C@H]5O[C@@]534)[C@@]12C. The van der Waals surface area contributed by atoms with Crippen molar-refractivity contribution in [2.24, 2.45) is 28.1 Å². The summed E-state index contributed by atoms with van der Waals surface area (Å²) in [5, 5.41) is 0. The summed E-state index contributed by atoms with van der Waals surface area (Å²) in [5.74, 6) is -2.19. The fourth-order valence-electron chi connectivity index (χ4n) is 10.2. The van der Waals surface area contributed by atoms with Gasteiger partial charge in [0.1, 0.15) is 29.5 Å². The molecule has 1 aromatic rings. The van der Waals surface area contributed by atoms with Crippen molar-refractivity contribution in [3.8, 4) is 0 Å². The second-order valence-electron chi connectivity index (χ2n) is 13.5. The first-order chi connectivity index (χ1) is 18.1. The van der Waals surface area contributed by atoms with Crippen molar-refractivity contribution < 1.29 is 42.5 Å². The Balaban J connectivity index is 1.56. The van der Waals surface area contributed by atoms with E-state index in [9.17, 15) is 19.2 Å². The van der Waals surface area contributed by atoms with Crippen molar-refractivity contribution in [2.45, 2.75) is 110 Å². The number of ether oxygens (including phenoxy) is 4. The molecule has 0 aromatic carbocycles. The first kappa shape index (κ1) is 26.5. The van der Waals surface area contributed by atoms with Crippen molar-refractivity contribution in [1.82, 2.24) is 0 Å². The van der Waals surface area contributed by atoms with Crippen molar-refractivity contribution in [1.29, 1.82) is 0 Å². The van der Waals surface area contributed by atoms with Gasteiger partial charge in [-0.2, -0.15) is 0 Å². The van der Waals surface area contributed by atoms with Gasteiger partial charge < -0.3 is 23.4 Å². The molecule has 0 radical (unpaired) electrons. The van der Waals surface area contributed by atoms with E-state index in [1.54, 1.807) is 12.5 Å². The summed E-state index contributed by atoms with van der Waals surface area (Å²) in [5.41, 5.74) is -3.08. The number of ketones is 1. The summed E-state index contributed by atoms with van der Waals surface area (Å²) in [6.45, 7) is 12.8. The van der Waals surface area contributed by atoms with E-state index >= 15 is 0 Å². The van der Waals surface area contributed by atoms with Gasteiger partial charge in [-0.1, -0.05) is 20.8 Å². The van der Waals surface area contributed by atoms with Crippen molar-refractivity contribution in [3.05, 3.63) is 24.2 Å². The van der Waals surface area contributed by atoms with Gasteiger partial charge in [-0.05, 0) is 45.1 Å². The zero-order valence-electron chi connectivity index (χ0n) is 23.7. The molecule has 2 aliphatic heterocycles. The average Bonchev–Trinajstić information content (AvgIpc) is 3.32. The second-order valence-corrected chi connectivity index (χ2v) is 13.5. The highest BCUT2D eigenvalue weighted by Crippen LogP contribution is 2.81. The molecule has 9 heteroatoms. The molecule has 2 saturated heterocycles. The molecular weight excluding hydrogens is 504 g/mol. The standard InChI is InChI=1S/C30H38O9/c1-15(31)36-20-13-22(33)38-26(3,4)19-12-21(37-16(2)32)29(7)18(28(19,20)6)8-10-27(5)23(17-9-11-35-14-17)24(34)25-30(27,29)39-25/h9,11,14,18-21,23,25H,8,10,12-13H2,1-7H3/t18-,19+,20+,21-,23-,25-,27+,28-,29+,30-/m1/s1. The number of carbonyl (C=O) groups is 4. The maximum atomic E-state index is 13.9. The van der Waals surface area contributed by atoms with Crippen molar-refractivity contribution in [3.63, 3.8) is 0 Å². The second kappa shape index (κ2) is 7.95. The molecule has 39 heavy (non-hydrogen) atoms. The molecule has 1 aromatic heterocycles. The predicted molar refractivity (Wildman–Crippen MR) is 135 cm³/mol. The highest BCUT2D eigenvalue weighted by Gasteiger charge is 2.90. The molecule has 212 valence electrons. The lowest BCUT2D eigenvalue weighted by Crippen LogP contribution is -2.72. The smallest absolute Gasteiger partial charge is 0.310 e. The van der Waals surface area contributed by atoms with Crippen LogP contribution in [-0.2, 0) is 38.1 Å². The molecule has 0 unspecified atom stereocenters. The van der Waals surface area contributed by atoms with E-state index in [-0.39, 0.29) is 24.0 Å². The Morgan fingerprint density at radius 2 is 1.64 bits per heavy atom. The van der Waals surface area contributed by atoms with E-state index in [1.807, 2.05) is 19.9 Å². The summed E-state index contributed by atoms with van der Waals surface area (Å²) in [6, 6.07) is 1.84. The predicted octanol–water partition coefficient (Wildman–Crippen LogP) is 4.12. The van der Waals surface area contributed by atoms with Crippen LogP contribution in [0.3, 0.4) is 0 Å². The molecule has 1 spiro atoms. The number of Topliss-reactive ketones (excluding diaryl/α,β-unsaturated/α-hetero) is 1. The molecule has 5 aliphatic rings. The van der Waals surface area contributed by atoms with Crippen LogP contribution in [0.4, 0.5) is 0 Å². The van der Waals surface area contributed by atoms with Gasteiger partial charge in [0.2, 0.25) is 0 Å². The fourth-order valence-corrected chi connectivity index (χ4v) is 10.2. The van der Waals surface area contributed by atoms with Gasteiger partial charge >= 0.3 is 17.9 Å². The number of epoxide rings is 1. The molecule has 3 saturated carbocycles. The quantitative estimate of drug-likeness (QED) is 0.315. The van der Waals surface area contributed by atoms with Crippen LogP contribution in [0.25, 0.3) is 0 Å². The van der Waals surface area contributed by atoms with Gasteiger partial charge in [0.25, 0.3) is 0 Å². The molecule has 0 amide bonds. The van der Waals surface area contributed by atoms with E-state index in [0.717, 1.165) is 5.56 Å². The number of hydrogen-bond donors (Lipinski definition) is 0. The third kappa shape index (κ3) is 3.11. The molecule has 5 fully saturated rings. The lowest BCUT2D eigenvalue weighted by molar-refractivity contribution is -0.264. The molecule has 6 rings (SSSR count). The third-order valence-corrected chi connectivity index (χ3v) is 11.5. The Kier molecular flexibility index (Phi) is 5.41. The number of rotatable bonds is 3. The van der Waals surface area contributed by atoms with Crippen LogP contribution >= 0.6 is 0 Å².